The molecule has 0 spiro atoms. The Kier molecular flexibility index (Phi) is 6.22. The number of hydrogen-bond acceptors (Lipinski definition) is 3. The molecule has 2 aromatic rings. The van der Waals surface area contributed by atoms with Crippen LogP contribution in [0, 0.1) is 5.82 Å². The Hall–Kier alpha value is -2.07. The molecular formula is C18H22FNO2. The summed E-state index contributed by atoms with van der Waals surface area (Å²) in [5.74, 6) is 1.26. The molecule has 0 unspecified atom stereocenters. The van der Waals surface area contributed by atoms with Crippen LogP contribution in [-0.4, -0.2) is 20.3 Å². The zero-order valence-electron chi connectivity index (χ0n) is 12.8. The average Bonchev–Trinajstić information content (AvgIpc) is 2.54. The highest BCUT2D eigenvalue weighted by molar-refractivity contribution is 5.43. The van der Waals surface area contributed by atoms with Gasteiger partial charge in [0.1, 0.15) is 5.82 Å². The summed E-state index contributed by atoms with van der Waals surface area (Å²) in [6, 6.07) is 12.5. The lowest BCUT2D eigenvalue weighted by Crippen LogP contribution is -2.04. The van der Waals surface area contributed by atoms with E-state index in [1.165, 1.54) is 12.1 Å². The summed E-state index contributed by atoms with van der Waals surface area (Å²) in [5, 5.41) is 0. The fourth-order valence-electron chi connectivity index (χ4n) is 2.26. The molecule has 0 bridgehead atoms. The molecule has 0 fully saturated rings. The summed E-state index contributed by atoms with van der Waals surface area (Å²) >= 11 is 0. The molecule has 22 heavy (non-hydrogen) atoms. The largest absolute Gasteiger partial charge is 0.493 e. The number of aryl methyl sites for hydroxylation is 1. The van der Waals surface area contributed by atoms with E-state index in [1.807, 2.05) is 18.2 Å². The SMILES string of the molecule is COc1cc(CCN)ccc1OCCCc1ccc(F)cc1. The minimum atomic E-state index is -0.206. The van der Waals surface area contributed by atoms with Crippen LogP contribution >= 0.6 is 0 Å². The first-order valence-corrected chi connectivity index (χ1v) is 7.47. The monoisotopic (exact) mass is 303 g/mol. The predicted molar refractivity (Wildman–Crippen MR) is 86.0 cm³/mol. The second-order valence-corrected chi connectivity index (χ2v) is 5.10. The second-order valence-electron chi connectivity index (χ2n) is 5.10. The van der Waals surface area contributed by atoms with Gasteiger partial charge >= 0.3 is 0 Å². The Balaban J connectivity index is 1.84. The summed E-state index contributed by atoms with van der Waals surface area (Å²) < 4.78 is 24.0. The Bertz CT molecular complexity index is 584. The molecule has 0 amide bonds. The van der Waals surface area contributed by atoms with Gasteiger partial charge in [-0.05, 0) is 61.2 Å². The van der Waals surface area contributed by atoms with Gasteiger partial charge in [-0.2, -0.15) is 0 Å². The van der Waals surface area contributed by atoms with Crippen molar-refractivity contribution in [3.8, 4) is 11.5 Å². The fraction of sp³-hybridized carbons (Fsp3) is 0.333. The first kappa shape index (κ1) is 16.3. The lowest BCUT2D eigenvalue weighted by atomic mass is 10.1. The summed E-state index contributed by atoms with van der Waals surface area (Å²) in [7, 11) is 1.63. The van der Waals surface area contributed by atoms with Crippen LogP contribution in [0.25, 0.3) is 0 Å². The number of ether oxygens (including phenoxy) is 2. The van der Waals surface area contributed by atoms with Gasteiger partial charge in [0.05, 0.1) is 13.7 Å². The normalized spacial score (nSPS) is 10.5. The minimum Gasteiger partial charge on any atom is -0.493 e. The van der Waals surface area contributed by atoms with Gasteiger partial charge in [0.25, 0.3) is 0 Å². The maximum absolute atomic E-state index is 12.8. The van der Waals surface area contributed by atoms with Gasteiger partial charge in [-0.15, -0.1) is 0 Å². The Labute approximate surface area is 130 Å². The molecular weight excluding hydrogens is 281 g/mol. The molecule has 0 aliphatic rings. The van der Waals surface area contributed by atoms with Crippen molar-refractivity contribution in [3.05, 3.63) is 59.4 Å². The Morgan fingerprint density at radius 3 is 2.36 bits per heavy atom. The fourth-order valence-corrected chi connectivity index (χ4v) is 2.26. The van der Waals surface area contributed by atoms with E-state index < -0.39 is 0 Å². The van der Waals surface area contributed by atoms with Gasteiger partial charge < -0.3 is 15.2 Å². The lowest BCUT2D eigenvalue weighted by molar-refractivity contribution is 0.289. The molecule has 0 aliphatic heterocycles. The van der Waals surface area contributed by atoms with E-state index in [2.05, 4.69) is 0 Å². The van der Waals surface area contributed by atoms with Crippen LogP contribution in [0.1, 0.15) is 17.5 Å². The quantitative estimate of drug-likeness (QED) is 0.761. The molecule has 0 saturated carbocycles. The Morgan fingerprint density at radius 1 is 0.955 bits per heavy atom. The molecule has 0 aliphatic carbocycles. The first-order valence-electron chi connectivity index (χ1n) is 7.47. The number of rotatable bonds is 8. The zero-order valence-corrected chi connectivity index (χ0v) is 12.8. The van der Waals surface area contributed by atoms with Gasteiger partial charge in [-0.25, -0.2) is 4.39 Å². The first-order chi connectivity index (χ1) is 10.7. The molecule has 118 valence electrons. The molecule has 2 N–H and O–H groups in total. The van der Waals surface area contributed by atoms with Gasteiger partial charge in [-0.3, -0.25) is 0 Å². The second kappa shape index (κ2) is 8.39. The lowest BCUT2D eigenvalue weighted by Gasteiger charge is -2.12. The average molecular weight is 303 g/mol. The van der Waals surface area contributed by atoms with Crippen molar-refractivity contribution in [3.63, 3.8) is 0 Å². The summed E-state index contributed by atoms with van der Waals surface area (Å²) in [6.07, 6.45) is 2.54. The smallest absolute Gasteiger partial charge is 0.161 e. The number of hydrogen-bond donors (Lipinski definition) is 1. The zero-order chi connectivity index (χ0) is 15.8. The highest BCUT2D eigenvalue weighted by Gasteiger charge is 2.05. The molecule has 0 atom stereocenters. The van der Waals surface area contributed by atoms with Crippen molar-refractivity contribution in [1.82, 2.24) is 0 Å². The van der Waals surface area contributed by atoms with Crippen LogP contribution in [0.3, 0.4) is 0 Å². The van der Waals surface area contributed by atoms with Crippen LogP contribution in [0.15, 0.2) is 42.5 Å². The molecule has 0 aromatic heterocycles. The third-order valence-electron chi connectivity index (χ3n) is 3.44. The summed E-state index contributed by atoms with van der Waals surface area (Å²) in [4.78, 5) is 0. The van der Waals surface area contributed by atoms with E-state index in [-0.39, 0.29) is 5.82 Å². The van der Waals surface area contributed by atoms with Crippen LogP contribution in [-0.2, 0) is 12.8 Å². The number of methoxy groups -OCH3 is 1. The molecule has 2 rings (SSSR count). The predicted octanol–water partition coefficient (Wildman–Crippen LogP) is 3.35. The van der Waals surface area contributed by atoms with Crippen LogP contribution in [0.4, 0.5) is 4.39 Å². The van der Waals surface area contributed by atoms with E-state index in [0.29, 0.717) is 13.2 Å². The maximum Gasteiger partial charge on any atom is 0.161 e. The number of halogens is 1. The minimum absolute atomic E-state index is 0.206. The van der Waals surface area contributed by atoms with E-state index >= 15 is 0 Å². The maximum atomic E-state index is 12.8. The van der Waals surface area contributed by atoms with Crippen molar-refractivity contribution in [2.75, 3.05) is 20.3 Å². The van der Waals surface area contributed by atoms with Crippen molar-refractivity contribution < 1.29 is 13.9 Å². The van der Waals surface area contributed by atoms with E-state index in [9.17, 15) is 4.39 Å². The highest BCUT2D eigenvalue weighted by atomic mass is 19.1. The highest BCUT2D eigenvalue weighted by Crippen LogP contribution is 2.28. The van der Waals surface area contributed by atoms with Gasteiger partial charge in [-0.1, -0.05) is 18.2 Å². The van der Waals surface area contributed by atoms with Gasteiger partial charge in [0.15, 0.2) is 11.5 Å². The summed E-state index contributed by atoms with van der Waals surface area (Å²) in [5.41, 5.74) is 7.80. The Morgan fingerprint density at radius 2 is 1.68 bits per heavy atom. The molecule has 0 heterocycles. The third-order valence-corrected chi connectivity index (χ3v) is 3.44. The van der Waals surface area contributed by atoms with Crippen LogP contribution in [0.5, 0.6) is 11.5 Å². The van der Waals surface area contributed by atoms with Gasteiger partial charge in [0, 0.05) is 0 Å². The molecule has 0 radical (unpaired) electrons. The van der Waals surface area contributed by atoms with Crippen molar-refractivity contribution in [2.45, 2.75) is 19.3 Å². The van der Waals surface area contributed by atoms with Gasteiger partial charge in [0.2, 0.25) is 0 Å². The number of benzene rings is 2. The molecule has 2 aromatic carbocycles. The van der Waals surface area contributed by atoms with Crippen molar-refractivity contribution in [1.29, 1.82) is 0 Å². The van der Waals surface area contributed by atoms with E-state index in [1.54, 1.807) is 19.2 Å². The van der Waals surface area contributed by atoms with Crippen LogP contribution < -0.4 is 15.2 Å². The molecule has 3 nitrogen and oxygen atoms in total. The standard InChI is InChI=1S/C18H22FNO2/c1-21-18-13-15(10-11-20)6-9-17(18)22-12-2-3-14-4-7-16(19)8-5-14/h4-9,13H,2-3,10-12,20H2,1H3. The topological polar surface area (TPSA) is 44.5 Å². The number of nitrogens with two attached hydrogens (primary N) is 1. The van der Waals surface area contributed by atoms with Crippen molar-refractivity contribution in [2.24, 2.45) is 5.73 Å². The van der Waals surface area contributed by atoms with E-state index in [0.717, 1.165) is 41.9 Å². The summed E-state index contributed by atoms with van der Waals surface area (Å²) in [6.45, 7) is 1.20. The molecule has 4 heteroatoms. The van der Waals surface area contributed by atoms with E-state index in [4.69, 9.17) is 15.2 Å². The van der Waals surface area contributed by atoms with Crippen molar-refractivity contribution >= 4 is 0 Å². The van der Waals surface area contributed by atoms with Crippen LogP contribution in [0.2, 0.25) is 0 Å². The molecule has 0 saturated heterocycles. The third kappa shape index (κ3) is 4.74.